The fourth-order valence-electron chi connectivity index (χ4n) is 5.29. The van der Waals surface area contributed by atoms with Crippen molar-refractivity contribution in [3.8, 4) is 5.75 Å². The molecule has 0 fully saturated rings. The lowest BCUT2D eigenvalue weighted by atomic mass is 9.81. The minimum absolute atomic E-state index is 0.0636. The largest absolute Gasteiger partial charge is 0.765 e. The Bertz CT molecular complexity index is 1750. The Morgan fingerprint density at radius 2 is 1.25 bits per heavy atom. The molecule has 0 radical (unpaired) electrons. The quantitative estimate of drug-likeness (QED) is 0.0979. The van der Waals surface area contributed by atoms with Crippen LogP contribution in [-0.4, -0.2) is 11.9 Å². The molecule has 2 unspecified atom stereocenters. The van der Waals surface area contributed by atoms with Crippen LogP contribution in [0.2, 0.25) is 0 Å². The van der Waals surface area contributed by atoms with Gasteiger partial charge in [-0.05, 0) is 74.6 Å². The SMILES string of the molecule is O=C(c1ccccc1)C(Cc1c(Cc2ccccc2)cc(OP(=O)([O-])C(F)F)c(Br)c1Cc1ccccc1)c1ccccc1. The van der Waals surface area contributed by atoms with E-state index in [-0.39, 0.29) is 22.4 Å². The summed E-state index contributed by atoms with van der Waals surface area (Å²) in [7, 11) is -5.53. The normalized spacial score (nSPS) is 13.3. The third-order valence-corrected chi connectivity index (χ3v) is 9.25. The number of carbonyl (C=O) groups excluding carboxylic acids is 1. The van der Waals surface area contributed by atoms with Gasteiger partial charge in [0.05, 0.1) is 10.4 Å². The Balaban J connectivity index is 1.72. The summed E-state index contributed by atoms with van der Waals surface area (Å²) in [4.78, 5) is 26.4. The predicted octanol–water partition coefficient (Wildman–Crippen LogP) is 8.99. The average Bonchev–Trinajstić information content (AvgIpc) is 3.04. The van der Waals surface area contributed by atoms with Crippen molar-refractivity contribution >= 4 is 29.3 Å². The van der Waals surface area contributed by atoms with Crippen molar-refractivity contribution in [1.29, 1.82) is 0 Å². The lowest BCUT2D eigenvalue weighted by molar-refractivity contribution is -0.202. The summed E-state index contributed by atoms with van der Waals surface area (Å²) in [5.41, 5.74) is 5.40. The molecule has 0 saturated heterocycles. The molecule has 5 aromatic carbocycles. The third kappa shape index (κ3) is 7.59. The average molecular weight is 674 g/mol. The maximum atomic E-state index is 14.1. The number of benzene rings is 5. The van der Waals surface area contributed by atoms with Gasteiger partial charge in [0, 0.05) is 5.56 Å². The maximum Gasteiger partial charge on any atom is 0.310 e. The fourth-order valence-corrected chi connectivity index (χ4v) is 6.49. The van der Waals surface area contributed by atoms with Crippen LogP contribution >= 0.6 is 23.5 Å². The number of halogens is 3. The number of Topliss-reactive ketones (excluding diaryl/α,β-unsaturated/α-hetero) is 1. The van der Waals surface area contributed by atoms with Crippen LogP contribution < -0.4 is 9.42 Å². The van der Waals surface area contributed by atoms with Gasteiger partial charge in [-0.2, -0.15) is 8.78 Å². The summed E-state index contributed by atoms with van der Waals surface area (Å²) >= 11 is 3.52. The predicted molar refractivity (Wildman–Crippen MR) is 171 cm³/mol. The third-order valence-electron chi connectivity index (χ3n) is 7.45. The highest BCUT2D eigenvalue weighted by molar-refractivity contribution is 9.10. The molecule has 0 saturated carbocycles. The van der Waals surface area contributed by atoms with Crippen LogP contribution in [0.3, 0.4) is 0 Å². The minimum Gasteiger partial charge on any atom is -0.765 e. The van der Waals surface area contributed by atoms with E-state index in [9.17, 15) is 23.0 Å². The lowest BCUT2D eigenvalue weighted by Crippen LogP contribution is -2.19. The van der Waals surface area contributed by atoms with Crippen molar-refractivity contribution in [1.82, 2.24) is 0 Å². The van der Waals surface area contributed by atoms with Gasteiger partial charge >= 0.3 is 6.17 Å². The zero-order chi connectivity index (χ0) is 31.1. The van der Waals surface area contributed by atoms with E-state index in [2.05, 4.69) is 15.9 Å². The minimum atomic E-state index is -5.53. The van der Waals surface area contributed by atoms with Gasteiger partial charge in [-0.15, -0.1) is 0 Å². The van der Waals surface area contributed by atoms with Gasteiger partial charge in [-0.25, -0.2) is 0 Å². The molecule has 0 aliphatic carbocycles. The van der Waals surface area contributed by atoms with Gasteiger partial charge < -0.3 is 9.42 Å². The van der Waals surface area contributed by atoms with Crippen molar-refractivity contribution in [2.45, 2.75) is 31.3 Å². The molecule has 0 spiro atoms. The first-order valence-electron chi connectivity index (χ1n) is 14.1. The first-order valence-corrected chi connectivity index (χ1v) is 16.5. The monoisotopic (exact) mass is 673 g/mol. The molecular formula is C36H29BrF2O4P-. The lowest BCUT2D eigenvalue weighted by Gasteiger charge is -2.27. The van der Waals surface area contributed by atoms with Crippen molar-refractivity contribution in [3.63, 3.8) is 0 Å². The van der Waals surface area contributed by atoms with E-state index in [1.54, 1.807) is 12.1 Å². The molecule has 8 heteroatoms. The summed E-state index contributed by atoms with van der Waals surface area (Å²) in [5.74, 6) is -0.853. The molecule has 0 aliphatic rings. The maximum absolute atomic E-state index is 14.1. The standard InChI is InChI=1S/C36H30BrF2O4P/c37-34-32(22-26-15-7-2-8-16-26)30(24-31(27-17-9-3-10-18-27)35(40)28-19-11-4-12-20-28)29(21-25-13-5-1-6-14-25)23-33(34)43-44(41,42)36(38)39/h1-20,23,31,36H,21-22,24H2,(H,41,42)/p-1. The van der Waals surface area contributed by atoms with Crippen LogP contribution in [0.4, 0.5) is 8.78 Å². The molecule has 0 aromatic heterocycles. The second-order valence-electron chi connectivity index (χ2n) is 10.4. The summed E-state index contributed by atoms with van der Waals surface area (Å²) in [6, 6.07) is 39.2. The van der Waals surface area contributed by atoms with Crippen LogP contribution in [0.25, 0.3) is 0 Å². The summed E-state index contributed by atoms with van der Waals surface area (Å²) in [6.07, 6.45) is -2.70. The molecule has 0 amide bonds. The summed E-state index contributed by atoms with van der Waals surface area (Å²) < 4.78 is 44.5. The molecule has 224 valence electrons. The van der Waals surface area contributed by atoms with Crippen LogP contribution in [0.15, 0.2) is 132 Å². The van der Waals surface area contributed by atoms with Gasteiger partial charge in [-0.1, -0.05) is 121 Å². The smallest absolute Gasteiger partial charge is 0.310 e. The number of hydrogen-bond donors (Lipinski definition) is 0. The van der Waals surface area contributed by atoms with Crippen molar-refractivity contribution in [2.24, 2.45) is 0 Å². The van der Waals surface area contributed by atoms with E-state index in [0.717, 1.165) is 22.3 Å². The van der Waals surface area contributed by atoms with Gasteiger partial charge in [-0.3, -0.25) is 9.36 Å². The van der Waals surface area contributed by atoms with E-state index in [1.165, 1.54) is 6.07 Å². The van der Waals surface area contributed by atoms with Crippen LogP contribution in [0.5, 0.6) is 5.75 Å². The van der Waals surface area contributed by atoms with Crippen molar-refractivity contribution in [3.05, 3.63) is 171 Å². The second-order valence-corrected chi connectivity index (χ2v) is 12.9. The van der Waals surface area contributed by atoms with Gasteiger partial charge in [0.2, 0.25) is 7.60 Å². The highest BCUT2D eigenvalue weighted by Gasteiger charge is 2.30. The Morgan fingerprint density at radius 1 is 0.750 bits per heavy atom. The number of hydrogen-bond acceptors (Lipinski definition) is 4. The second kappa shape index (κ2) is 14.3. The highest BCUT2D eigenvalue weighted by atomic mass is 79.9. The van der Waals surface area contributed by atoms with Gasteiger partial charge in [0.15, 0.2) is 5.78 Å². The molecule has 5 rings (SSSR count). The zero-order valence-corrected chi connectivity index (χ0v) is 26.1. The molecule has 0 aliphatic heterocycles. The zero-order valence-electron chi connectivity index (χ0n) is 23.6. The molecule has 0 N–H and O–H groups in total. The Morgan fingerprint density at radius 3 is 1.80 bits per heavy atom. The molecule has 2 atom stereocenters. The van der Waals surface area contributed by atoms with Crippen molar-refractivity contribution in [2.75, 3.05) is 0 Å². The van der Waals surface area contributed by atoms with E-state index in [1.807, 2.05) is 109 Å². The molecule has 0 bridgehead atoms. The first-order chi connectivity index (χ1) is 21.2. The van der Waals surface area contributed by atoms with E-state index >= 15 is 0 Å². The number of carbonyl (C=O) groups is 1. The molecule has 44 heavy (non-hydrogen) atoms. The van der Waals surface area contributed by atoms with E-state index < -0.39 is 19.7 Å². The van der Waals surface area contributed by atoms with Crippen molar-refractivity contribution < 1.29 is 27.6 Å². The Kier molecular flexibility index (Phi) is 10.2. The number of alkyl halides is 2. The Labute approximate surface area is 264 Å². The molecular weight excluding hydrogens is 645 g/mol. The highest BCUT2D eigenvalue weighted by Crippen LogP contribution is 2.49. The van der Waals surface area contributed by atoms with E-state index in [4.69, 9.17) is 4.52 Å². The number of rotatable bonds is 12. The molecule has 4 nitrogen and oxygen atoms in total. The molecule has 0 heterocycles. The van der Waals surface area contributed by atoms with E-state index in [0.29, 0.717) is 29.5 Å². The fraction of sp³-hybridized carbons (Fsp3) is 0.139. The van der Waals surface area contributed by atoms with Gasteiger partial charge in [0.25, 0.3) is 0 Å². The summed E-state index contributed by atoms with van der Waals surface area (Å²) in [5, 5.41) is 0. The molecule has 5 aromatic rings. The van der Waals surface area contributed by atoms with Crippen LogP contribution in [-0.2, 0) is 23.8 Å². The first kappa shape index (κ1) is 31.5. The van der Waals surface area contributed by atoms with Gasteiger partial charge in [0.1, 0.15) is 5.75 Å². The summed E-state index contributed by atoms with van der Waals surface area (Å²) in [6.45, 7) is 0. The Hall–Kier alpha value is -3.90. The number of ketones is 1. The van der Waals surface area contributed by atoms with Crippen LogP contribution in [0.1, 0.15) is 49.7 Å². The van der Waals surface area contributed by atoms with Crippen LogP contribution in [0, 0.1) is 0 Å². The topological polar surface area (TPSA) is 66.4 Å².